The van der Waals surface area contributed by atoms with E-state index < -0.39 is 0 Å². The predicted octanol–water partition coefficient (Wildman–Crippen LogP) is 5.80. The van der Waals surface area contributed by atoms with Gasteiger partial charge >= 0.3 is 0 Å². The summed E-state index contributed by atoms with van der Waals surface area (Å²) in [5.74, 6) is -0.566. The van der Waals surface area contributed by atoms with Crippen molar-refractivity contribution >= 4 is 40.0 Å². The number of anilines is 2. The van der Waals surface area contributed by atoms with Crippen molar-refractivity contribution in [3.8, 4) is 11.1 Å². The second-order valence-corrected chi connectivity index (χ2v) is 7.10. The molecule has 0 saturated heterocycles. The molecule has 0 aliphatic carbocycles. The van der Waals surface area contributed by atoms with Crippen LogP contribution in [0.1, 0.15) is 10.4 Å². The van der Waals surface area contributed by atoms with Gasteiger partial charge in [-0.2, -0.15) is 0 Å². The second-order valence-electron chi connectivity index (χ2n) is 6.29. The minimum absolute atomic E-state index is 0.267. The van der Waals surface area contributed by atoms with Crippen molar-refractivity contribution in [2.24, 2.45) is 0 Å². The number of carbonyl (C=O) groups is 1. The smallest absolute Gasteiger partial charge is 0.255 e. The molecule has 1 heterocycles. The molecule has 0 aliphatic heterocycles. The van der Waals surface area contributed by atoms with E-state index in [1.54, 1.807) is 42.5 Å². The standard InChI is InChI=1S/C22H17FN2O2S/c1-28-21-12-16-10-15(5-9-20(16)27-21)22(26)25-19-11-14(4-8-18(19)24)13-2-6-17(23)7-3-13/h2-12H,24H2,1H3,(H,25,26). The maximum atomic E-state index is 13.2. The summed E-state index contributed by atoms with van der Waals surface area (Å²) in [7, 11) is 0. The molecule has 28 heavy (non-hydrogen) atoms. The van der Waals surface area contributed by atoms with Crippen molar-refractivity contribution in [2.75, 3.05) is 17.3 Å². The molecule has 0 fully saturated rings. The van der Waals surface area contributed by atoms with Gasteiger partial charge < -0.3 is 15.5 Å². The van der Waals surface area contributed by atoms with E-state index in [2.05, 4.69) is 5.32 Å². The first kappa shape index (κ1) is 18.1. The largest absolute Gasteiger partial charge is 0.450 e. The number of benzene rings is 3. The van der Waals surface area contributed by atoms with Gasteiger partial charge in [0, 0.05) is 10.9 Å². The summed E-state index contributed by atoms with van der Waals surface area (Å²) in [6.07, 6.45) is 1.93. The fourth-order valence-electron chi connectivity index (χ4n) is 2.94. The van der Waals surface area contributed by atoms with Gasteiger partial charge in [-0.15, -0.1) is 0 Å². The molecule has 140 valence electrons. The molecule has 6 heteroatoms. The summed E-state index contributed by atoms with van der Waals surface area (Å²) in [6.45, 7) is 0. The van der Waals surface area contributed by atoms with Crippen LogP contribution in [0.3, 0.4) is 0 Å². The zero-order chi connectivity index (χ0) is 19.7. The number of fused-ring (bicyclic) bond motifs is 1. The van der Waals surface area contributed by atoms with Gasteiger partial charge in [-0.05, 0) is 65.9 Å². The molecule has 0 unspecified atom stereocenters. The van der Waals surface area contributed by atoms with Crippen LogP contribution < -0.4 is 11.1 Å². The molecule has 4 nitrogen and oxygen atoms in total. The van der Waals surface area contributed by atoms with Crippen molar-refractivity contribution in [3.63, 3.8) is 0 Å². The summed E-state index contributed by atoms with van der Waals surface area (Å²) in [5.41, 5.74) is 9.90. The number of amides is 1. The summed E-state index contributed by atoms with van der Waals surface area (Å²) in [5, 5.41) is 4.52. The van der Waals surface area contributed by atoms with Crippen molar-refractivity contribution in [2.45, 2.75) is 5.09 Å². The minimum atomic E-state index is -0.299. The zero-order valence-electron chi connectivity index (χ0n) is 15.0. The third kappa shape index (κ3) is 3.59. The number of hydrogen-bond donors (Lipinski definition) is 2. The van der Waals surface area contributed by atoms with Crippen LogP contribution in [0.15, 0.2) is 76.2 Å². The molecule has 4 rings (SSSR count). The maximum Gasteiger partial charge on any atom is 0.255 e. The van der Waals surface area contributed by atoms with Crippen LogP contribution in [0, 0.1) is 5.82 Å². The number of nitrogens with one attached hydrogen (secondary N) is 1. The molecule has 4 aromatic rings. The lowest BCUT2D eigenvalue weighted by molar-refractivity contribution is 0.102. The number of nitrogens with two attached hydrogens (primary N) is 1. The monoisotopic (exact) mass is 392 g/mol. The molecule has 0 bridgehead atoms. The van der Waals surface area contributed by atoms with E-state index in [9.17, 15) is 9.18 Å². The van der Waals surface area contributed by atoms with Gasteiger partial charge in [0.25, 0.3) is 5.91 Å². The molecular formula is C22H17FN2O2S. The molecule has 0 aliphatic rings. The van der Waals surface area contributed by atoms with Crippen LogP contribution in [0.4, 0.5) is 15.8 Å². The molecule has 3 aromatic carbocycles. The SMILES string of the molecule is CSc1cc2cc(C(=O)Nc3cc(-c4ccc(F)cc4)ccc3N)ccc2o1. The first-order chi connectivity index (χ1) is 13.5. The van der Waals surface area contributed by atoms with Gasteiger partial charge in [-0.1, -0.05) is 30.0 Å². The van der Waals surface area contributed by atoms with Crippen LogP contribution in [0.2, 0.25) is 0 Å². The maximum absolute atomic E-state index is 13.2. The van der Waals surface area contributed by atoms with Gasteiger partial charge in [0.1, 0.15) is 11.4 Å². The topological polar surface area (TPSA) is 68.3 Å². The van der Waals surface area contributed by atoms with Crippen LogP contribution in [0.25, 0.3) is 22.1 Å². The minimum Gasteiger partial charge on any atom is -0.450 e. The first-order valence-electron chi connectivity index (χ1n) is 8.58. The highest BCUT2D eigenvalue weighted by molar-refractivity contribution is 7.98. The molecule has 0 radical (unpaired) electrons. The lowest BCUT2D eigenvalue weighted by Gasteiger charge is -2.11. The number of carbonyl (C=O) groups excluding carboxylic acids is 1. The van der Waals surface area contributed by atoms with Crippen molar-refractivity contribution in [1.29, 1.82) is 0 Å². The number of thioether (sulfide) groups is 1. The average molecular weight is 392 g/mol. The van der Waals surface area contributed by atoms with E-state index in [0.29, 0.717) is 16.9 Å². The summed E-state index contributed by atoms with van der Waals surface area (Å²) in [6, 6.07) is 18.7. The average Bonchev–Trinajstić information content (AvgIpc) is 3.12. The highest BCUT2D eigenvalue weighted by Gasteiger charge is 2.12. The third-order valence-electron chi connectivity index (χ3n) is 4.44. The van der Waals surface area contributed by atoms with E-state index in [0.717, 1.165) is 27.2 Å². The van der Waals surface area contributed by atoms with Gasteiger partial charge in [0.15, 0.2) is 5.09 Å². The Hall–Kier alpha value is -3.25. The highest BCUT2D eigenvalue weighted by atomic mass is 32.2. The fourth-order valence-corrected chi connectivity index (χ4v) is 3.36. The molecule has 0 atom stereocenters. The molecule has 3 N–H and O–H groups in total. The lowest BCUT2D eigenvalue weighted by Crippen LogP contribution is -2.13. The number of rotatable bonds is 4. The summed E-state index contributed by atoms with van der Waals surface area (Å²) >= 11 is 1.51. The normalized spacial score (nSPS) is 10.9. The molecule has 0 spiro atoms. The van der Waals surface area contributed by atoms with E-state index in [1.165, 1.54) is 23.9 Å². The van der Waals surface area contributed by atoms with Crippen molar-refractivity contribution in [1.82, 2.24) is 0 Å². The Bertz CT molecular complexity index is 1170. The number of nitrogen functional groups attached to an aromatic ring is 1. The van der Waals surface area contributed by atoms with Crippen LogP contribution >= 0.6 is 11.8 Å². The Kier molecular flexibility index (Phi) is 4.79. The highest BCUT2D eigenvalue weighted by Crippen LogP contribution is 2.29. The van der Waals surface area contributed by atoms with Gasteiger partial charge in [-0.25, -0.2) is 4.39 Å². The van der Waals surface area contributed by atoms with E-state index in [-0.39, 0.29) is 11.7 Å². The van der Waals surface area contributed by atoms with E-state index in [1.807, 2.05) is 18.4 Å². The Labute approximate surface area is 165 Å². The fraction of sp³-hybridized carbons (Fsp3) is 0.0455. The van der Waals surface area contributed by atoms with Gasteiger partial charge in [0.2, 0.25) is 0 Å². The zero-order valence-corrected chi connectivity index (χ0v) is 15.8. The Morgan fingerprint density at radius 3 is 2.50 bits per heavy atom. The van der Waals surface area contributed by atoms with Crippen LogP contribution in [-0.4, -0.2) is 12.2 Å². The molecule has 0 saturated carbocycles. The number of halogens is 1. The van der Waals surface area contributed by atoms with Crippen LogP contribution in [-0.2, 0) is 0 Å². The summed E-state index contributed by atoms with van der Waals surface area (Å²) in [4.78, 5) is 12.7. The lowest BCUT2D eigenvalue weighted by atomic mass is 10.0. The summed E-state index contributed by atoms with van der Waals surface area (Å²) < 4.78 is 18.8. The Morgan fingerprint density at radius 1 is 1.00 bits per heavy atom. The predicted molar refractivity (Wildman–Crippen MR) is 112 cm³/mol. The van der Waals surface area contributed by atoms with Crippen LogP contribution in [0.5, 0.6) is 0 Å². The Morgan fingerprint density at radius 2 is 1.75 bits per heavy atom. The van der Waals surface area contributed by atoms with E-state index >= 15 is 0 Å². The van der Waals surface area contributed by atoms with Gasteiger partial charge in [0.05, 0.1) is 11.4 Å². The van der Waals surface area contributed by atoms with Crippen molar-refractivity contribution in [3.05, 3.63) is 78.1 Å². The first-order valence-corrected chi connectivity index (χ1v) is 9.80. The molecule has 1 amide bonds. The second kappa shape index (κ2) is 7.40. The molecule has 1 aromatic heterocycles. The van der Waals surface area contributed by atoms with E-state index in [4.69, 9.17) is 10.2 Å². The third-order valence-corrected chi connectivity index (χ3v) is 5.04. The van der Waals surface area contributed by atoms with Crippen molar-refractivity contribution < 1.29 is 13.6 Å². The Balaban J connectivity index is 1.62. The number of hydrogen-bond acceptors (Lipinski definition) is 4. The molecular weight excluding hydrogens is 375 g/mol. The van der Waals surface area contributed by atoms with Gasteiger partial charge in [-0.3, -0.25) is 4.79 Å². The number of furan rings is 1. The quantitative estimate of drug-likeness (QED) is 0.340.